The zero-order valence-electron chi connectivity index (χ0n) is 11.8. The Labute approximate surface area is 112 Å². The van der Waals surface area contributed by atoms with E-state index in [0.29, 0.717) is 6.61 Å². The smallest absolute Gasteiger partial charge is 0.120 e. The Morgan fingerprint density at radius 3 is 1.44 bits per heavy atom. The quantitative estimate of drug-likeness (QED) is 0.367. The topological polar surface area (TPSA) is 37.3 Å². The van der Waals surface area contributed by atoms with E-state index in [2.05, 4.69) is 0 Å². The fourth-order valence-electron chi connectivity index (χ4n) is 2.18. The van der Waals surface area contributed by atoms with E-state index in [1.54, 1.807) is 6.08 Å². The van der Waals surface area contributed by atoms with Crippen molar-refractivity contribution in [3.05, 3.63) is 6.08 Å². The maximum atomic E-state index is 9.93. The van der Waals surface area contributed by atoms with Crippen LogP contribution in [0.2, 0.25) is 0 Å². The summed E-state index contributed by atoms with van der Waals surface area (Å²) in [6.07, 6.45) is 17.8. The fourth-order valence-corrected chi connectivity index (χ4v) is 2.18. The summed E-state index contributed by atoms with van der Waals surface area (Å²) in [5.74, 6) is 1.82. The number of carbonyl (C=O) groups excluding carboxylic acids is 1. The zero-order valence-corrected chi connectivity index (χ0v) is 11.8. The molecule has 0 spiro atoms. The van der Waals surface area contributed by atoms with Crippen molar-refractivity contribution in [2.45, 2.75) is 83.5 Å². The van der Waals surface area contributed by atoms with Crippen LogP contribution in [0.1, 0.15) is 83.5 Å². The predicted octanol–water partition coefficient (Wildman–Crippen LogP) is 4.44. The van der Waals surface area contributed by atoms with Crippen molar-refractivity contribution < 1.29 is 9.90 Å². The molecule has 0 atom stereocenters. The molecule has 0 amide bonds. The Bertz CT molecular complexity index is 195. The minimum absolute atomic E-state index is 0.350. The molecule has 1 N–H and O–H groups in total. The first-order valence-corrected chi connectivity index (χ1v) is 7.72. The molecule has 0 fully saturated rings. The average Bonchev–Trinajstić information content (AvgIpc) is 2.39. The minimum Gasteiger partial charge on any atom is -0.396 e. The number of hydrogen-bond donors (Lipinski definition) is 1. The molecule has 0 aliphatic carbocycles. The van der Waals surface area contributed by atoms with Gasteiger partial charge in [-0.3, -0.25) is 0 Å². The Morgan fingerprint density at radius 1 is 0.667 bits per heavy atom. The molecule has 2 heteroatoms. The summed E-state index contributed by atoms with van der Waals surface area (Å²) in [6.45, 7) is 0.350. The van der Waals surface area contributed by atoms with E-state index < -0.39 is 0 Å². The number of rotatable bonds is 14. The summed E-state index contributed by atoms with van der Waals surface area (Å²) >= 11 is 0. The summed E-state index contributed by atoms with van der Waals surface area (Å²) in [4.78, 5) is 9.93. The highest BCUT2D eigenvalue weighted by Crippen LogP contribution is 2.12. The van der Waals surface area contributed by atoms with Gasteiger partial charge < -0.3 is 5.11 Å². The summed E-state index contributed by atoms with van der Waals surface area (Å²) in [5.41, 5.74) is 0. The molecule has 18 heavy (non-hydrogen) atoms. The molecular weight excluding hydrogens is 224 g/mol. The van der Waals surface area contributed by atoms with Crippen molar-refractivity contribution in [3.8, 4) is 0 Å². The summed E-state index contributed by atoms with van der Waals surface area (Å²) in [7, 11) is 0. The second kappa shape index (κ2) is 16.4. The van der Waals surface area contributed by atoms with Gasteiger partial charge in [0.05, 0.1) is 0 Å². The largest absolute Gasteiger partial charge is 0.396 e. The lowest BCUT2D eigenvalue weighted by Crippen LogP contribution is -1.84. The summed E-state index contributed by atoms with van der Waals surface area (Å²) in [6, 6.07) is 0. The van der Waals surface area contributed by atoms with Gasteiger partial charge in [0.15, 0.2) is 0 Å². The molecule has 0 aromatic rings. The lowest BCUT2D eigenvalue weighted by molar-refractivity contribution is 0.282. The highest BCUT2D eigenvalue weighted by Gasteiger charge is 1.93. The molecular formula is C16H30O2. The third kappa shape index (κ3) is 15.4. The van der Waals surface area contributed by atoms with Crippen molar-refractivity contribution in [3.63, 3.8) is 0 Å². The van der Waals surface area contributed by atoms with Gasteiger partial charge in [0.2, 0.25) is 0 Å². The highest BCUT2D eigenvalue weighted by atomic mass is 16.2. The van der Waals surface area contributed by atoms with E-state index in [1.807, 2.05) is 5.94 Å². The second-order valence-corrected chi connectivity index (χ2v) is 5.08. The van der Waals surface area contributed by atoms with Crippen LogP contribution in [0.15, 0.2) is 6.08 Å². The van der Waals surface area contributed by atoms with Crippen LogP contribution in [0.3, 0.4) is 0 Å². The van der Waals surface area contributed by atoms with Crippen LogP contribution in [0.25, 0.3) is 0 Å². The van der Waals surface area contributed by atoms with Crippen LogP contribution in [0, 0.1) is 0 Å². The normalized spacial score (nSPS) is 10.3. The molecule has 0 bridgehead atoms. The SMILES string of the molecule is O=C=CCCCCCCCCCCCCCCO. The molecule has 0 aromatic carbocycles. The molecule has 0 radical (unpaired) electrons. The Kier molecular flexibility index (Phi) is 15.9. The Hall–Kier alpha value is -0.590. The third-order valence-electron chi connectivity index (χ3n) is 3.34. The van der Waals surface area contributed by atoms with Crippen LogP contribution in [-0.4, -0.2) is 17.7 Å². The first-order chi connectivity index (χ1) is 8.91. The lowest BCUT2D eigenvalue weighted by Gasteiger charge is -2.02. The lowest BCUT2D eigenvalue weighted by atomic mass is 10.0. The van der Waals surface area contributed by atoms with Crippen LogP contribution in [-0.2, 0) is 4.79 Å². The number of aliphatic hydroxyl groups is 1. The monoisotopic (exact) mass is 254 g/mol. The van der Waals surface area contributed by atoms with Crippen LogP contribution < -0.4 is 0 Å². The Balaban J connectivity index is 2.92. The van der Waals surface area contributed by atoms with Gasteiger partial charge in [-0.05, 0) is 25.3 Å². The summed E-state index contributed by atoms with van der Waals surface area (Å²) < 4.78 is 0. The van der Waals surface area contributed by atoms with Crippen LogP contribution in [0.4, 0.5) is 0 Å². The van der Waals surface area contributed by atoms with Gasteiger partial charge in [-0.15, -0.1) is 0 Å². The number of unbranched alkanes of at least 4 members (excludes halogenated alkanes) is 12. The summed E-state index contributed by atoms with van der Waals surface area (Å²) in [5, 5.41) is 8.64. The van der Waals surface area contributed by atoms with Gasteiger partial charge in [-0.25, -0.2) is 4.79 Å². The van der Waals surface area contributed by atoms with Crippen molar-refractivity contribution in [2.24, 2.45) is 0 Å². The van der Waals surface area contributed by atoms with E-state index in [0.717, 1.165) is 19.3 Å². The van der Waals surface area contributed by atoms with Crippen molar-refractivity contribution >= 4 is 5.94 Å². The zero-order chi connectivity index (χ0) is 13.3. The average molecular weight is 254 g/mol. The van der Waals surface area contributed by atoms with Gasteiger partial charge in [0.25, 0.3) is 0 Å². The van der Waals surface area contributed by atoms with E-state index in [4.69, 9.17) is 5.11 Å². The van der Waals surface area contributed by atoms with Gasteiger partial charge in [-0.1, -0.05) is 64.2 Å². The standard InChI is InChI=1S/C16H30O2/c17-15-13-11-9-7-5-3-1-2-4-6-8-10-12-14-16-18/h13,18H,1-12,14,16H2. The molecule has 0 rings (SSSR count). The molecule has 2 nitrogen and oxygen atoms in total. The first-order valence-electron chi connectivity index (χ1n) is 7.72. The molecule has 0 saturated carbocycles. The predicted molar refractivity (Wildman–Crippen MR) is 77.4 cm³/mol. The van der Waals surface area contributed by atoms with E-state index in [9.17, 15) is 4.79 Å². The maximum Gasteiger partial charge on any atom is 0.120 e. The van der Waals surface area contributed by atoms with Crippen molar-refractivity contribution in [1.29, 1.82) is 0 Å². The highest BCUT2D eigenvalue weighted by molar-refractivity contribution is 5.44. The molecule has 0 heterocycles. The van der Waals surface area contributed by atoms with E-state index >= 15 is 0 Å². The number of aliphatic hydroxyl groups excluding tert-OH is 1. The van der Waals surface area contributed by atoms with Gasteiger partial charge in [0.1, 0.15) is 5.94 Å². The van der Waals surface area contributed by atoms with E-state index in [-0.39, 0.29) is 0 Å². The molecule has 106 valence electrons. The third-order valence-corrected chi connectivity index (χ3v) is 3.34. The van der Waals surface area contributed by atoms with Gasteiger partial charge in [0, 0.05) is 6.61 Å². The molecule has 0 saturated heterocycles. The number of allylic oxidation sites excluding steroid dienone is 1. The van der Waals surface area contributed by atoms with Crippen LogP contribution >= 0.6 is 0 Å². The van der Waals surface area contributed by atoms with E-state index in [1.165, 1.54) is 64.2 Å². The number of hydrogen-bond acceptors (Lipinski definition) is 2. The Morgan fingerprint density at radius 2 is 1.06 bits per heavy atom. The molecule has 0 aliphatic heterocycles. The molecule has 0 unspecified atom stereocenters. The molecule has 0 aliphatic rings. The van der Waals surface area contributed by atoms with Gasteiger partial charge >= 0.3 is 0 Å². The maximum absolute atomic E-state index is 9.93. The van der Waals surface area contributed by atoms with Crippen LogP contribution in [0.5, 0.6) is 0 Å². The second-order valence-electron chi connectivity index (χ2n) is 5.08. The van der Waals surface area contributed by atoms with Crippen molar-refractivity contribution in [2.75, 3.05) is 6.61 Å². The first kappa shape index (κ1) is 17.4. The molecule has 0 aromatic heterocycles. The minimum atomic E-state index is 0.350. The van der Waals surface area contributed by atoms with Gasteiger partial charge in [-0.2, -0.15) is 0 Å². The fraction of sp³-hybridized carbons (Fsp3) is 0.875. The van der Waals surface area contributed by atoms with Crippen molar-refractivity contribution in [1.82, 2.24) is 0 Å².